The molecule has 0 atom stereocenters. The van der Waals surface area contributed by atoms with E-state index < -0.39 is 0 Å². The molecule has 33 heavy (non-hydrogen) atoms. The van der Waals surface area contributed by atoms with Crippen molar-refractivity contribution >= 4 is 16.7 Å². The molecule has 0 saturated carbocycles. The maximum Gasteiger partial charge on any atom is 0.163 e. The van der Waals surface area contributed by atoms with Crippen molar-refractivity contribution in [2.45, 2.75) is 6.54 Å². The fraction of sp³-hybridized carbons (Fsp3) is 0.120. The number of benzene rings is 2. The molecule has 0 radical (unpaired) electrons. The van der Waals surface area contributed by atoms with Crippen molar-refractivity contribution in [2.75, 3.05) is 19.0 Å². The SMILES string of the molecule is CNc1nc(-c2cccnc2)nc2c(OCCn3cccn3)cc(-c3cccc(F)c3)cc12. The van der Waals surface area contributed by atoms with E-state index in [1.807, 2.05) is 49.6 Å². The molecule has 0 aliphatic heterocycles. The summed E-state index contributed by atoms with van der Waals surface area (Å²) in [5.41, 5.74) is 3.01. The molecule has 8 heteroatoms. The van der Waals surface area contributed by atoms with Crippen LogP contribution in [0.15, 0.2) is 79.4 Å². The number of anilines is 1. The van der Waals surface area contributed by atoms with E-state index in [1.54, 1.807) is 29.3 Å². The van der Waals surface area contributed by atoms with Gasteiger partial charge in [0, 0.05) is 42.8 Å². The summed E-state index contributed by atoms with van der Waals surface area (Å²) in [4.78, 5) is 13.7. The van der Waals surface area contributed by atoms with Crippen molar-refractivity contribution in [1.82, 2.24) is 24.7 Å². The van der Waals surface area contributed by atoms with Crippen LogP contribution in [0.5, 0.6) is 5.75 Å². The van der Waals surface area contributed by atoms with Gasteiger partial charge in [-0.15, -0.1) is 0 Å². The highest BCUT2D eigenvalue weighted by Gasteiger charge is 2.16. The van der Waals surface area contributed by atoms with Crippen LogP contribution in [0.1, 0.15) is 0 Å². The summed E-state index contributed by atoms with van der Waals surface area (Å²) in [6.45, 7) is 0.975. The number of hydrogen-bond donors (Lipinski definition) is 1. The normalized spacial score (nSPS) is 11.0. The maximum atomic E-state index is 13.9. The first-order valence-corrected chi connectivity index (χ1v) is 10.5. The number of aromatic nitrogens is 5. The van der Waals surface area contributed by atoms with Crippen LogP contribution in [0.25, 0.3) is 33.4 Å². The van der Waals surface area contributed by atoms with Crippen LogP contribution in [-0.2, 0) is 6.54 Å². The molecule has 0 bridgehead atoms. The van der Waals surface area contributed by atoms with Crippen LogP contribution in [0.4, 0.5) is 10.2 Å². The number of rotatable bonds is 7. The van der Waals surface area contributed by atoms with Crippen molar-refractivity contribution in [3.8, 4) is 28.3 Å². The smallest absolute Gasteiger partial charge is 0.163 e. The Hall–Kier alpha value is -4.33. The molecule has 2 aromatic carbocycles. The van der Waals surface area contributed by atoms with E-state index in [9.17, 15) is 4.39 Å². The number of halogens is 1. The van der Waals surface area contributed by atoms with Crippen LogP contribution in [0.3, 0.4) is 0 Å². The summed E-state index contributed by atoms with van der Waals surface area (Å²) < 4.78 is 21.9. The Morgan fingerprint density at radius 2 is 1.88 bits per heavy atom. The highest BCUT2D eigenvalue weighted by molar-refractivity contribution is 5.97. The van der Waals surface area contributed by atoms with Crippen molar-refractivity contribution in [2.24, 2.45) is 0 Å². The first-order valence-electron chi connectivity index (χ1n) is 10.5. The zero-order valence-electron chi connectivity index (χ0n) is 17.9. The van der Waals surface area contributed by atoms with Gasteiger partial charge in [-0.2, -0.15) is 5.10 Å². The Kier molecular flexibility index (Phi) is 5.63. The molecule has 0 aliphatic carbocycles. The number of nitrogens with one attached hydrogen (secondary N) is 1. The lowest BCUT2D eigenvalue weighted by Gasteiger charge is -2.15. The molecule has 0 amide bonds. The third-order valence-electron chi connectivity index (χ3n) is 5.22. The second kappa shape index (κ2) is 9.04. The van der Waals surface area contributed by atoms with Crippen LogP contribution in [0.2, 0.25) is 0 Å². The Balaban J connectivity index is 1.64. The van der Waals surface area contributed by atoms with Gasteiger partial charge in [-0.05, 0) is 53.6 Å². The molecule has 5 aromatic rings. The van der Waals surface area contributed by atoms with Gasteiger partial charge in [0.25, 0.3) is 0 Å². The molecule has 0 spiro atoms. The monoisotopic (exact) mass is 440 g/mol. The number of hydrogen-bond acceptors (Lipinski definition) is 6. The predicted molar refractivity (Wildman–Crippen MR) is 125 cm³/mol. The van der Waals surface area contributed by atoms with Gasteiger partial charge in [0.2, 0.25) is 0 Å². The Bertz CT molecular complexity index is 1390. The van der Waals surface area contributed by atoms with Gasteiger partial charge in [0.15, 0.2) is 5.82 Å². The average Bonchev–Trinajstić information content (AvgIpc) is 3.37. The van der Waals surface area contributed by atoms with E-state index in [-0.39, 0.29) is 5.82 Å². The van der Waals surface area contributed by atoms with E-state index >= 15 is 0 Å². The van der Waals surface area contributed by atoms with Crippen LogP contribution in [-0.4, -0.2) is 38.4 Å². The molecule has 164 valence electrons. The minimum Gasteiger partial charge on any atom is -0.489 e. The molecular weight excluding hydrogens is 419 g/mol. The van der Waals surface area contributed by atoms with Gasteiger partial charge in [-0.25, -0.2) is 14.4 Å². The van der Waals surface area contributed by atoms with Gasteiger partial charge in [0.05, 0.1) is 6.54 Å². The lowest BCUT2D eigenvalue weighted by molar-refractivity contribution is 0.294. The zero-order valence-corrected chi connectivity index (χ0v) is 17.9. The van der Waals surface area contributed by atoms with Gasteiger partial charge in [-0.1, -0.05) is 12.1 Å². The molecule has 0 unspecified atom stereocenters. The average molecular weight is 440 g/mol. The van der Waals surface area contributed by atoms with Crippen molar-refractivity contribution in [3.05, 3.63) is 85.2 Å². The molecular formula is C25H21FN6O. The fourth-order valence-electron chi connectivity index (χ4n) is 3.64. The summed E-state index contributed by atoms with van der Waals surface area (Å²) >= 11 is 0. The lowest BCUT2D eigenvalue weighted by Crippen LogP contribution is -2.09. The van der Waals surface area contributed by atoms with E-state index in [0.717, 1.165) is 22.1 Å². The second-order valence-corrected chi connectivity index (χ2v) is 7.39. The van der Waals surface area contributed by atoms with E-state index in [1.165, 1.54) is 12.1 Å². The summed E-state index contributed by atoms with van der Waals surface area (Å²) in [6, 6.07) is 15.9. The second-order valence-electron chi connectivity index (χ2n) is 7.39. The van der Waals surface area contributed by atoms with Crippen molar-refractivity contribution in [3.63, 3.8) is 0 Å². The van der Waals surface area contributed by atoms with Gasteiger partial charge in [0.1, 0.15) is 29.5 Å². The van der Waals surface area contributed by atoms with Gasteiger partial charge < -0.3 is 10.1 Å². The van der Waals surface area contributed by atoms with Gasteiger partial charge in [-0.3, -0.25) is 9.67 Å². The Morgan fingerprint density at radius 1 is 0.970 bits per heavy atom. The van der Waals surface area contributed by atoms with Crippen LogP contribution >= 0.6 is 0 Å². The van der Waals surface area contributed by atoms with Crippen LogP contribution < -0.4 is 10.1 Å². The highest BCUT2D eigenvalue weighted by Crippen LogP contribution is 2.36. The number of ether oxygens (including phenoxy) is 1. The summed E-state index contributed by atoms with van der Waals surface area (Å²) in [5.74, 6) is 1.47. The van der Waals surface area contributed by atoms with Crippen molar-refractivity contribution < 1.29 is 9.13 Å². The fourth-order valence-corrected chi connectivity index (χ4v) is 3.64. The first-order chi connectivity index (χ1) is 16.2. The maximum absolute atomic E-state index is 13.9. The summed E-state index contributed by atoms with van der Waals surface area (Å²) in [5, 5.41) is 8.16. The quantitative estimate of drug-likeness (QED) is 0.391. The first kappa shape index (κ1) is 20.6. The third-order valence-corrected chi connectivity index (χ3v) is 5.22. The standard InChI is InChI=1S/C25H21FN6O/c1-27-25-21-14-19(17-5-2-7-20(26)13-17)15-22(33-12-11-32-10-4-9-29-32)23(21)30-24(31-25)18-6-3-8-28-16-18/h2-10,13-16H,11-12H2,1H3,(H,27,30,31). The molecule has 0 fully saturated rings. The largest absolute Gasteiger partial charge is 0.489 e. The third kappa shape index (κ3) is 4.36. The lowest BCUT2D eigenvalue weighted by atomic mass is 10.0. The Labute approximate surface area is 189 Å². The molecule has 5 rings (SSSR count). The molecule has 0 saturated heterocycles. The minimum atomic E-state index is -0.300. The minimum absolute atomic E-state index is 0.300. The summed E-state index contributed by atoms with van der Waals surface area (Å²) in [6.07, 6.45) is 7.04. The molecule has 3 heterocycles. The van der Waals surface area contributed by atoms with Crippen molar-refractivity contribution in [1.29, 1.82) is 0 Å². The topological polar surface area (TPSA) is 77.8 Å². The summed E-state index contributed by atoms with van der Waals surface area (Å²) in [7, 11) is 1.81. The van der Waals surface area contributed by atoms with Gasteiger partial charge >= 0.3 is 0 Å². The van der Waals surface area contributed by atoms with E-state index in [0.29, 0.717) is 36.1 Å². The van der Waals surface area contributed by atoms with E-state index in [4.69, 9.17) is 14.7 Å². The molecule has 7 nitrogen and oxygen atoms in total. The zero-order chi connectivity index (χ0) is 22.6. The van der Waals surface area contributed by atoms with E-state index in [2.05, 4.69) is 15.4 Å². The van der Waals surface area contributed by atoms with Crippen LogP contribution in [0, 0.1) is 5.82 Å². The highest BCUT2D eigenvalue weighted by atomic mass is 19.1. The number of nitrogens with zero attached hydrogens (tertiary/aromatic N) is 5. The molecule has 0 aliphatic rings. The molecule has 3 aromatic heterocycles. The predicted octanol–water partition coefficient (Wildman–Crippen LogP) is 4.82. The molecule has 1 N–H and O–H groups in total. The number of pyridine rings is 1. The Morgan fingerprint density at radius 3 is 2.64 bits per heavy atom. The number of fused-ring (bicyclic) bond motifs is 1.